The highest BCUT2D eigenvalue weighted by molar-refractivity contribution is 5.85. The molecular formula is C15H23Cl2N3O2. The third-order valence-electron chi connectivity index (χ3n) is 4.07. The van der Waals surface area contributed by atoms with E-state index in [0.717, 1.165) is 19.6 Å². The zero-order chi connectivity index (χ0) is 13.9. The number of aliphatic hydroxyl groups is 1. The van der Waals surface area contributed by atoms with Gasteiger partial charge in [-0.2, -0.15) is 0 Å². The average Bonchev–Trinajstić information content (AvgIpc) is 2.83. The predicted octanol–water partition coefficient (Wildman–Crippen LogP) is 0.685. The summed E-state index contributed by atoms with van der Waals surface area (Å²) < 4.78 is 0. The minimum atomic E-state index is -0.434. The van der Waals surface area contributed by atoms with Gasteiger partial charge in [-0.1, -0.05) is 24.3 Å². The van der Waals surface area contributed by atoms with E-state index in [1.807, 2.05) is 12.1 Å². The normalized spacial score (nSPS) is 23.9. The predicted molar refractivity (Wildman–Crippen MR) is 90.5 cm³/mol. The van der Waals surface area contributed by atoms with Crippen molar-refractivity contribution in [1.82, 2.24) is 15.5 Å². The second kappa shape index (κ2) is 8.70. The Hall–Kier alpha value is -0.850. The van der Waals surface area contributed by atoms with E-state index in [-0.39, 0.29) is 36.8 Å². The average molecular weight is 348 g/mol. The summed E-state index contributed by atoms with van der Waals surface area (Å²) in [4.78, 5) is 14.2. The molecule has 7 heteroatoms. The van der Waals surface area contributed by atoms with Crippen LogP contribution in [0.2, 0.25) is 0 Å². The van der Waals surface area contributed by atoms with Crippen molar-refractivity contribution in [3.63, 3.8) is 0 Å². The number of halogens is 2. The summed E-state index contributed by atoms with van der Waals surface area (Å²) in [7, 11) is 0. The van der Waals surface area contributed by atoms with E-state index >= 15 is 0 Å². The first-order valence-corrected chi connectivity index (χ1v) is 7.19. The summed E-state index contributed by atoms with van der Waals surface area (Å²) in [5.41, 5.74) is 2.61. The van der Waals surface area contributed by atoms with Crippen LogP contribution in [0.3, 0.4) is 0 Å². The molecule has 2 atom stereocenters. The SMILES string of the molecule is Cl.Cl.O=C(CN1Cc2ccccc2C1)N[C@H]1CNCC[C@H]1O. The first-order chi connectivity index (χ1) is 9.72. The minimum Gasteiger partial charge on any atom is -0.391 e. The smallest absolute Gasteiger partial charge is 0.234 e. The van der Waals surface area contributed by atoms with Crippen molar-refractivity contribution in [3.8, 4) is 0 Å². The molecule has 0 spiro atoms. The van der Waals surface area contributed by atoms with Gasteiger partial charge in [0.05, 0.1) is 18.7 Å². The first kappa shape index (κ1) is 19.2. The number of benzene rings is 1. The van der Waals surface area contributed by atoms with Crippen molar-refractivity contribution in [2.75, 3.05) is 19.6 Å². The maximum absolute atomic E-state index is 12.1. The summed E-state index contributed by atoms with van der Waals surface area (Å²) in [5.74, 6) is -0.00874. The Morgan fingerprint density at radius 3 is 2.50 bits per heavy atom. The number of rotatable bonds is 3. The summed E-state index contributed by atoms with van der Waals surface area (Å²) in [6.07, 6.45) is 0.260. The lowest BCUT2D eigenvalue weighted by atomic mass is 10.0. The number of amides is 1. The Morgan fingerprint density at radius 2 is 1.91 bits per heavy atom. The number of fused-ring (bicyclic) bond motifs is 1. The van der Waals surface area contributed by atoms with Crippen molar-refractivity contribution < 1.29 is 9.90 Å². The van der Waals surface area contributed by atoms with Crippen LogP contribution in [0, 0.1) is 0 Å². The Morgan fingerprint density at radius 1 is 1.27 bits per heavy atom. The van der Waals surface area contributed by atoms with Crippen molar-refractivity contribution in [2.45, 2.75) is 31.7 Å². The molecule has 1 aromatic rings. The molecule has 1 fully saturated rings. The van der Waals surface area contributed by atoms with Gasteiger partial charge in [0.25, 0.3) is 0 Å². The van der Waals surface area contributed by atoms with Crippen LogP contribution in [0.5, 0.6) is 0 Å². The molecule has 0 radical (unpaired) electrons. The van der Waals surface area contributed by atoms with Crippen molar-refractivity contribution >= 4 is 30.7 Å². The number of nitrogens with zero attached hydrogens (tertiary/aromatic N) is 1. The van der Waals surface area contributed by atoms with Crippen LogP contribution in [0.15, 0.2) is 24.3 Å². The van der Waals surface area contributed by atoms with Gasteiger partial charge in [-0.05, 0) is 24.1 Å². The molecule has 2 aliphatic rings. The second-order valence-corrected chi connectivity index (χ2v) is 5.65. The van der Waals surface area contributed by atoms with E-state index in [1.54, 1.807) is 0 Å². The molecule has 0 saturated carbocycles. The maximum Gasteiger partial charge on any atom is 0.234 e. The van der Waals surface area contributed by atoms with E-state index in [1.165, 1.54) is 11.1 Å². The molecule has 22 heavy (non-hydrogen) atoms. The standard InChI is InChI=1S/C15H21N3O2.2ClH/c19-14-5-6-16-7-13(14)17-15(20)10-18-8-11-3-1-2-4-12(11)9-18;;/h1-4,13-14,16,19H,5-10H2,(H,17,20);2*1H/t13-,14+;;/m0../s1. The van der Waals surface area contributed by atoms with Crippen LogP contribution in [-0.4, -0.2) is 47.7 Å². The quantitative estimate of drug-likeness (QED) is 0.752. The van der Waals surface area contributed by atoms with Crippen LogP contribution in [0.4, 0.5) is 0 Å². The number of carbonyl (C=O) groups excluding carboxylic acids is 1. The molecule has 3 N–H and O–H groups in total. The molecular weight excluding hydrogens is 325 g/mol. The minimum absolute atomic E-state index is 0. The molecule has 1 aromatic carbocycles. The summed E-state index contributed by atoms with van der Waals surface area (Å²) in [6.45, 7) is 3.50. The largest absolute Gasteiger partial charge is 0.391 e. The van der Waals surface area contributed by atoms with E-state index in [9.17, 15) is 9.90 Å². The third-order valence-corrected chi connectivity index (χ3v) is 4.07. The summed E-state index contributed by atoms with van der Waals surface area (Å²) >= 11 is 0. The number of hydrogen-bond donors (Lipinski definition) is 3. The fourth-order valence-electron chi connectivity index (χ4n) is 2.96. The molecule has 3 rings (SSSR count). The van der Waals surface area contributed by atoms with Gasteiger partial charge in [-0.15, -0.1) is 24.8 Å². The molecule has 1 saturated heterocycles. The number of piperidine rings is 1. The molecule has 0 aromatic heterocycles. The third kappa shape index (κ3) is 4.57. The number of aliphatic hydroxyl groups excluding tert-OH is 1. The topological polar surface area (TPSA) is 64.6 Å². The molecule has 0 unspecified atom stereocenters. The van der Waals surface area contributed by atoms with Crippen LogP contribution in [0.25, 0.3) is 0 Å². The number of carbonyl (C=O) groups is 1. The van der Waals surface area contributed by atoms with Gasteiger partial charge in [0.15, 0.2) is 0 Å². The van der Waals surface area contributed by atoms with Crippen molar-refractivity contribution in [3.05, 3.63) is 35.4 Å². The van der Waals surface area contributed by atoms with Crippen LogP contribution in [0.1, 0.15) is 17.5 Å². The van der Waals surface area contributed by atoms with E-state index < -0.39 is 6.10 Å². The summed E-state index contributed by atoms with van der Waals surface area (Å²) in [5, 5.41) is 16.0. The zero-order valence-electron chi connectivity index (χ0n) is 12.3. The molecule has 1 amide bonds. The zero-order valence-corrected chi connectivity index (χ0v) is 14.0. The Labute approximate surface area is 143 Å². The van der Waals surface area contributed by atoms with E-state index in [0.29, 0.717) is 19.5 Å². The van der Waals surface area contributed by atoms with Crippen molar-refractivity contribution in [2.24, 2.45) is 0 Å². The lowest BCUT2D eigenvalue weighted by Gasteiger charge is -2.29. The lowest BCUT2D eigenvalue weighted by molar-refractivity contribution is -0.124. The maximum atomic E-state index is 12.1. The van der Waals surface area contributed by atoms with Gasteiger partial charge in [0, 0.05) is 19.6 Å². The highest BCUT2D eigenvalue weighted by atomic mass is 35.5. The molecule has 2 heterocycles. The monoisotopic (exact) mass is 347 g/mol. The van der Waals surface area contributed by atoms with Gasteiger partial charge < -0.3 is 15.7 Å². The summed E-state index contributed by atoms with van der Waals surface area (Å²) in [6, 6.07) is 8.13. The first-order valence-electron chi connectivity index (χ1n) is 7.19. The molecule has 124 valence electrons. The Kier molecular flexibility index (Phi) is 7.59. The Bertz CT molecular complexity index is 476. The fraction of sp³-hybridized carbons (Fsp3) is 0.533. The fourth-order valence-corrected chi connectivity index (χ4v) is 2.96. The second-order valence-electron chi connectivity index (χ2n) is 5.65. The van der Waals surface area contributed by atoms with Gasteiger partial charge in [0.1, 0.15) is 0 Å². The Balaban J connectivity index is 0.00000121. The molecule has 5 nitrogen and oxygen atoms in total. The highest BCUT2D eigenvalue weighted by Crippen LogP contribution is 2.21. The molecule has 0 aliphatic carbocycles. The van der Waals surface area contributed by atoms with Gasteiger partial charge in [-0.3, -0.25) is 9.69 Å². The van der Waals surface area contributed by atoms with Gasteiger partial charge in [-0.25, -0.2) is 0 Å². The molecule has 0 bridgehead atoms. The van der Waals surface area contributed by atoms with Crippen LogP contribution in [-0.2, 0) is 17.9 Å². The van der Waals surface area contributed by atoms with Crippen molar-refractivity contribution in [1.29, 1.82) is 0 Å². The van der Waals surface area contributed by atoms with Crippen LogP contribution >= 0.6 is 24.8 Å². The molecule has 2 aliphatic heterocycles. The lowest BCUT2D eigenvalue weighted by Crippen LogP contribution is -2.55. The number of hydrogen-bond acceptors (Lipinski definition) is 4. The van der Waals surface area contributed by atoms with E-state index in [4.69, 9.17) is 0 Å². The van der Waals surface area contributed by atoms with Gasteiger partial charge in [0.2, 0.25) is 5.91 Å². The highest BCUT2D eigenvalue weighted by Gasteiger charge is 2.26. The number of nitrogens with one attached hydrogen (secondary N) is 2. The van der Waals surface area contributed by atoms with Gasteiger partial charge >= 0.3 is 0 Å². The van der Waals surface area contributed by atoms with E-state index in [2.05, 4.69) is 27.7 Å². The van der Waals surface area contributed by atoms with Crippen LogP contribution < -0.4 is 10.6 Å².